The van der Waals surface area contributed by atoms with Crippen molar-refractivity contribution in [2.75, 3.05) is 14.2 Å². The van der Waals surface area contributed by atoms with E-state index in [1.165, 1.54) is 0 Å². The van der Waals surface area contributed by atoms with E-state index < -0.39 is 12.1 Å². The van der Waals surface area contributed by atoms with Gasteiger partial charge >= 0.3 is 0 Å². The quantitative estimate of drug-likeness (QED) is 0.708. The molecule has 94 valence electrons. The molecule has 0 aromatic rings. The van der Waals surface area contributed by atoms with Crippen LogP contribution in [-0.4, -0.2) is 50.7 Å². The smallest absolute Gasteiger partial charge is 0.186 e. The largest absolute Gasteiger partial charge is 0.373 e. The molecule has 0 saturated carbocycles. The molecular formula is C11H20O5. The lowest BCUT2D eigenvalue weighted by molar-refractivity contribution is -0.271. The topological polar surface area (TPSA) is 46.2 Å². The van der Waals surface area contributed by atoms with Crippen molar-refractivity contribution in [3.05, 3.63) is 0 Å². The molecule has 0 amide bonds. The maximum Gasteiger partial charge on any atom is 0.186 e. The van der Waals surface area contributed by atoms with Crippen molar-refractivity contribution >= 4 is 0 Å². The normalized spacial score (nSPS) is 46.7. The van der Waals surface area contributed by atoms with Crippen LogP contribution in [0, 0.1) is 0 Å². The van der Waals surface area contributed by atoms with Gasteiger partial charge in [-0.1, -0.05) is 0 Å². The van der Waals surface area contributed by atoms with Crippen LogP contribution in [0.4, 0.5) is 0 Å². The standard InChI is InChI=1S/C11H20O5/c1-6-7-8(16-11(2,3)15-7)9(12-4)10(13-5)14-6/h6-10H,1-5H3/t6-,7+,8+,9-,10-/m0/s1. The lowest BCUT2D eigenvalue weighted by Gasteiger charge is -2.39. The molecule has 0 unspecified atom stereocenters. The van der Waals surface area contributed by atoms with Crippen LogP contribution in [0.15, 0.2) is 0 Å². The molecule has 16 heavy (non-hydrogen) atoms. The molecule has 0 radical (unpaired) electrons. The van der Waals surface area contributed by atoms with E-state index in [-0.39, 0.29) is 24.4 Å². The highest BCUT2D eigenvalue weighted by atomic mass is 16.8. The van der Waals surface area contributed by atoms with Gasteiger partial charge in [0.25, 0.3) is 0 Å². The first kappa shape index (κ1) is 12.3. The van der Waals surface area contributed by atoms with Gasteiger partial charge in [0.2, 0.25) is 0 Å². The molecule has 2 rings (SSSR count). The van der Waals surface area contributed by atoms with E-state index in [0.717, 1.165) is 0 Å². The summed E-state index contributed by atoms with van der Waals surface area (Å²) in [6, 6.07) is 0. The minimum absolute atomic E-state index is 0.0666. The van der Waals surface area contributed by atoms with E-state index in [2.05, 4.69) is 0 Å². The molecular weight excluding hydrogens is 212 g/mol. The van der Waals surface area contributed by atoms with Gasteiger partial charge in [0.05, 0.1) is 6.10 Å². The van der Waals surface area contributed by atoms with Gasteiger partial charge in [-0.05, 0) is 20.8 Å². The van der Waals surface area contributed by atoms with Gasteiger partial charge < -0.3 is 23.7 Å². The van der Waals surface area contributed by atoms with Gasteiger partial charge in [-0.2, -0.15) is 0 Å². The van der Waals surface area contributed by atoms with Crippen molar-refractivity contribution in [2.24, 2.45) is 0 Å². The molecule has 5 atom stereocenters. The molecule has 2 fully saturated rings. The maximum atomic E-state index is 5.85. The fraction of sp³-hybridized carbons (Fsp3) is 1.00. The van der Waals surface area contributed by atoms with Crippen LogP contribution in [0.5, 0.6) is 0 Å². The van der Waals surface area contributed by atoms with Gasteiger partial charge in [-0.25, -0.2) is 0 Å². The minimum Gasteiger partial charge on any atom is -0.373 e. The van der Waals surface area contributed by atoms with Gasteiger partial charge in [-0.3, -0.25) is 0 Å². The molecule has 0 N–H and O–H groups in total. The van der Waals surface area contributed by atoms with Crippen LogP contribution in [0.1, 0.15) is 20.8 Å². The van der Waals surface area contributed by atoms with Crippen molar-refractivity contribution in [1.82, 2.24) is 0 Å². The summed E-state index contributed by atoms with van der Waals surface area (Å²) in [6.45, 7) is 5.75. The Balaban J connectivity index is 2.19. The predicted octanol–water partition coefficient (Wildman–Crippen LogP) is 0.913. The minimum atomic E-state index is -0.591. The summed E-state index contributed by atoms with van der Waals surface area (Å²) in [6.07, 6.45) is -0.977. The van der Waals surface area contributed by atoms with Crippen LogP contribution >= 0.6 is 0 Å². The highest BCUT2D eigenvalue weighted by molar-refractivity contribution is 4.95. The lowest BCUT2D eigenvalue weighted by Crippen LogP contribution is -2.56. The van der Waals surface area contributed by atoms with Gasteiger partial charge in [0.15, 0.2) is 12.1 Å². The molecule has 2 aliphatic rings. The molecule has 5 nitrogen and oxygen atoms in total. The summed E-state index contributed by atoms with van der Waals surface area (Å²) in [5.41, 5.74) is 0. The Morgan fingerprint density at radius 1 is 1.00 bits per heavy atom. The van der Waals surface area contributed by atoms with E-state index in [1.807, 2.05) is 20.8 Å². The molecule has 0 spiro atoms. The molecule has 5 heteroatoms. The Bertz CT molecular complexity index is 255. The highest BCUT2D eigenvalue weighted by Gasteiger charge is 2.54. The second-order valence-corrected chi connectivity index (χ2v) is 4.71. The molecule has 2 heterocycles. The van der Waals surface area contributed by atoms with E-state index in [0.29, 0.717) is 0 Å². The molecule has 2 saturated heterocycles. The SMILES string of the molecule is CO[C@H]1O[C@@H](C)[C@H]2OC(C)(C)O[C@H]2[C@@H]1OC. The summed E-state index contributed by atoms with van der Waals surface area (Å²) < 4.78 is 28.0. The average molecular weight is 232 g/mol. The van der Waals surface area contributed by atoms with Crippen molar-refractivity contribution in [3.63, 3.8) is 0 Å². The number of hydrogen-bond donors (Lipinski definition) is 0. The second-order valence-electron chi connectivity index (χ2n) is 4.71. The monoisotopic (exact) mass is 232 g/mol. The average Bonchev–Trinajstić information content (AvgIpc) is 2.54. The molecule has 0 aromatic heterocycles. The summed E-state index contributed by atoms with van der Waals surface area (Å²) in [7, 11) is 3.23. The summed E-state index contributed by atoms with van der Waals surface area (Å²) in [5, 5.41) is 0. The molecule has 0 aromatic carbocycles. The van der Waals surface area contributed by atoms with E-state index >= 15 is 0 Å². The Morgan fingerprint density at radius 3 is 2.19 bits per heavy atom. The van der Waals surface area contributed by atoms with Crippen LogP contribution in [0.25, 0.3) is 0 Å². The first-order chi connectivity index (χ1) is 7.48. The molecule has 0 aliphatic carbocycles. The number of hydrogen-bond acceptors (Lipinski definition) is 5. The van der Waals surface area contributed by atoms with Crippen LogP contribution in [-0.2, 0) is 23.7 Å². The zero-order valence-electron chi connectivity index (χ0n) is 10.4. The zero-order chi connectivity index (χ0) is 11.9. The first-order valence-corrected chi connectivity index (χ1v) is 5.55. The van der Waals surface area contributed by atoms with Gasteiger partial charge in [-0.15, -0.1) is 0 Å². The summed E-state index contributed by atoms with van der Waals surface area (Å²) in [4.78, 5) is 0. The zero-order valence-corrected chi connectivity index (χ0v) is 10.4. The fourth-order valence-electron chi connectivity index (χ4n) is 2.39. The van der Waals surface area contributed by atoms with E-state index in [4.69, 9.17) is 23.7 Å². The van der Waals surface area contributed by atoms with Crippen molar-refractivity contribution in [1.29, 1.82) is 0 Å². The fourth-order valence-corrected chi connectivity index (χ4v) is 2.39. The van der Waals surface area contributed by atoms with Crippen LogP contribution < -0.4 is 0 Å². The maximum absolute atomic E-state index is 5.85. The number of methoxy groups -OCH3 is 2. The van der Waals surface area contributed by atoms with E-state index in [1.54, 1.807) is 14.2 Å². The summed E-state index contributed by atoms with van der Waals surface area (Å²) >= 11 is 0. The van der Waals surface area contributed by atoms with Gasteiger partial charge in [0.1, 0.15) is 18.3 Å². The van der Waals surface area contributed by atoms with Crippen molar-refractivity contribution < 1.29 is 23.7 Å². The first-order valence-electron chi connectivity index (χ1n) is 5.55. The van der Waals surface area contributed by atoms with Crippen molar-refractivity contribution in [3.8, 4) is 0 Å². The Morgan fingerprint density at radius 2 is 1.62 bits per heavy atom. The molecule has 0 bridgehead atoms. The third kappa shape index (κ3) is 1.98. The second kappa shape index (κ2) is 4.23. The highest BCUT2D eigenvalue weighted by Crippen LogP contribution is 2.38. The Kier molecular flexibility index (Phi) is 3.25. The third-order valence-corrected chi connectivity index (χ3v) is 3.07. The Hall–Kier alpha value is -0.200. The molecule has 2 aliphatic heterocycles. The van der Waals surface area contributed by atoms with Crippen LogP contribution in [0.3, 0.4) is 0 Å². The lowest BCUT2D eigenvalue weighted by atomic mass is 10.00. The number of rotatable bonds is 2. The van der Waals surface area contributed by atoms with E-state index in [9.17, 15) is 0 Å². The summed E-state index contributed by atoms with van der Waals surface area (Å²) in [5.74, 6) is -0.591. The van der Waals surface area contributed by atoms with Crippen molar-refractivity contribution in [2.45, 2.75) is 57.3 Å². The Labute approximate surface area is 95.9 Å². The number of fused-ring (bicyclic) bond motifs is 1. The number of ether oxygens (including phenoxy) is 5. The van der Waals surface area contributed by atoms with Crippen LogP contribution in [0.2, 0.25) is 0 Å². The van der Waals surface area contributed by atoms with Gasteiger partial charge in [0, 0.05) is 14.2 Å². The predicted molar refractivity (Wildman–Crippen MR) is 56.0 cm³/mol. The third-order valence-electron chi connectivity index (χ3n) is 3.07.